The van der Waals surface area contributed by atoms with Crippen molar-refractivity contribution in [3.63, 3.8) is 0 Å². The Morgan fingerprint density at radius 1 is 1.16 bits per heavy atom. The van der Waals surface area contributed by atoms with Crippen LogP contribution in [0.5, 0.6) is 5.75 Å². The third-order valence-electron chi connectivity index (χ3n) is 3.48. The number of esters is 1. The SMILES string of the molecule is CCOc1ccc(C2=N/C(=C\c3ccc(C(=O)[O-])cc3)C(=O)O2)cc1. The molecule has 0 amide bonds. The fraction of sp³-hybridized carbons (Fsp3) is 0.105. The number of carbonyl (C=O) groups is 2. The van der Waals surface area contributed by atoms with Crippen molar-refractivity contribution >= 4 is 23.9 Å². The van der Waals surface area contributed by atoms with Gasteiger partial charge in [0.15, 0.2) is 5.70 Å². The zero-order valence-corrected chi connectivity index (χ0v) is 13.4. The zero-order chi connectivity index (χ0) is 17.8. The summed E-state index contributed by atoms with van der Waals surface area (Å²) in [7, 11) is 0. The molecule has 0 aliphatic carbocycles. The molecule has 0 saturated heterocycles. The second-order valence-electron chi connectivity index (χ2n) is 5.20. The van der Waals surface area contributed by atoms with Crippen LogP contribution in [-0.4, -0.2) is 24.4 Å². The summed E-state index contributed by atoms with van der Waals surface area (Å²) in [6.07, 6.45) is 1.53. The van der Waals surface area contributed by atoms with E-state index in [9.17, 15) is 14.7 Å². The fourth-order valence-corrected chi connectivity index (χ4v) is 2.27. The normalized spacial score (nSPS) is 15.0. The molecule has 1 aliphatic heterocycles. The Morgan fingerprint density at radius 3 is 2.44 bits per heavy atom. The molecule has 0 radical (unpaired) electrons. The molecule has 1 heterocycles. The van der Waals surface area contributed by atoms with Gasteiger partial charge in [0.05, 0.1) is 12.6 Å². The van der Waals surface area contributed by atoms with Gasteiger partial charge in [-0.05, 0) is 48.4 Å². The zero-order valence-electron chi connectivity index (χ0n) is 13.4. The second kappa shape index (κ2) is 7.00. The molecule has 2 aromatic rings. The summed E-state index contributed by atoms with van der Waals surface area (Å²) in [5, 5.41) is 10.7. The molecule has 0 fully saturated rings. The average Bonchev–Trinajstić information content (AvgIpc) is 2.97. The van der Waals surface area contributed by atoms with Gasteiger partial charge in [0.25, 0.3) is 0 Å². The van der Waals surface area contributed by atoms with Gasteiger partial charge < -0.3 is 19.4 Å². The highest BCUT2D eigenvalue weighted by molar-refractivity contribution is 6.12. The first kappa shape index (κ1) is 16.4. The summed E-state index contributed by atoms with van der Waals surface area (Å²) in [6.45, 7) is 2.46. The quantitative estimate of drug-likeness (QED) is 0.613. The van der Waals surface area contributed by atoms with Gasteiger partial charge in [-0.15, -0.1) is 0 Å². The molecule has 0 aromatic heterocycles. The highest BCUT2D eigenvalue weighted by Crippen LogP contribution is 2.21. The van der Waals surface area contributed by atoms with Gasteiger partial charge >= 0.3 is 5.97 Å². The minimum Gasteiger partial charge on any atom is -0.545 e. The molecular weight excluding hydrogens is 322 g/mol. The number of carboxylic acid groups (broad SMARTS) is 1. The Hall–Kier alpha value is -3.41. The Labute approximate surface area is 144 Å². The number of carbonyl (C=O) groups excluding carboxylic acids is 2. The maximum Gasteiger partial charge on any atom is 0.363 e. The van der Waals surface area contributed by atoms with Crippen LogP contribution < -0.4 is 9.84 Å². The van der Waals surface area contributed by atoms with Crippen molar-refractivity contribution in [1.29, 1.82) is 0 Å². The van der Waals surface area contributed by atoms with Crippen LogP contribution in [-0.2, 0) is 9.53 Å². The first-order valence-corrected chi connectivity index (χ1v) is 7.64. The number of benzene rings is 2. The number of cyclic esters (lactones) is 1. The van der Waals surface area contributed by atoms with E-state index in [1.807, 2.05) is 6.92 Å². The van der Waals surface area contributed by atoms with Crippen LogP contribution in [0, 0.1) is 0 Å². The summed E-state index contributed by atoms with van der Waals surface area (Å²) in [4.78, 5) is 26.9. The molecule has 6 heteroatoms. The van der Waals surface area contributed by atoms with E-state index in [1.54, 1.807) is 36.4 Å². The van der Waals surface area contributed by atoms with E-state index in [1.165, 1.54) is 18.2 Å². The predicted molar refractivity (Wildman–Crippen MR) is 89.0 cm³/mol. The van der Waals surface area contributed by atoms with Crippen molar-refractivity contribution in [1.82, 2.24) is 0 Å². The summed E-state index contributed by atoms with van der Waals surface area (Å²) in [5.41, 5.74) is 1.50. The van der Waals surface area contributed by atoms with Crippen molar-refractivity contribution in [2.45, 2.75) is 6.92 Å². The standard InChI is InChI=1S/C19H15NO5/c1-2-24-15-9-7-13(8-10-15)17-20-16(19(23)25-17)11-12-3-5-14(6-4-12)18(21)22/h3-11H,2H2,1H3,(H,21,22)/p-1/b16-11-. The third-order valence-corrected chi connectivity index (χ3v) is 3.48. The van der Waals surface area contributed by atoms with Crippen LogP contribution in [0.3, 0.4) is 0 Å². The van der Waals surface area contributed by atoms with E-state index < -0.39 is 11.9 Å². The lowest BCUT2D eigenvalue weighted by atomic mass is 10.1. The van der Waals surface area contributed by atoms with Gasteiger partial charge in [-0.2, -0.15) is 0 Å². The molecule has 2 aromatic carbocycles. The smallest absolute Gasteiger partial charge is 0.363 e. The van der Waals surface area contributed by atoms with Gasteiger partial charge in [0.2, 0.25) is 5.90 Å². The van der Waals surface area contributed by atoms with Crippen molar-refractivity contribution in [2.75, 3.05) is 6.61 Å². The maximum absolute atomic E-state index is 12.0. The number of aliphatic imine (C=N–C) groups is 1. The van der Waals surface area contributed by atoms with Crippen LogP contribution in [0.25, 0.3) is 6.08 Å². The van der Waals surface area contributed by atoms with E-state index in [2.05, 4.69) is 4.99 Å². The van der Waals surface area contributed by atoms with Gasteiger partial charge in [-0.1, -0.05) is 24.3 Å². The van der Waals surface area contributed by atoms with Crippen molar-refractivity contribution < 1.29 is 24.2 Å². The van der Waals surface area contributed by atoms with E-state index >= 15 is 0 Å². The number of aromatic carboxylic acids is 1. The number of carboxylic acids is 1. The van der Waals surface area contributed by atoms with Crippen LogP contribution in [0.2, 0.25) is 0 Å². The highest BCUT2D eigenvalue weighted by Gasteiger charge is 2.24. The van der Waals surface area contributed by atoms with Crippen molar-refractivity contribution in [3.05, 3.63) is 70.9 Å². The number of nitrogens with zero attached hydrogens (tertiary/aromatic N) is 1. The second-order valence-corrected chi connectivity index (χ2v) is 5.20. The monoisotopic (exact) mass is 336 g/mol. The number of hydrogen-bond acceptors (Lipinski definition) is 6. The largest absolute Gasteiger partial charge is 0.545 e. The molecule has 0 saturated carbocycles. The van der Waals surface area contributed by atoms with Gasteiger partial charge in [-0.3, -0.25) is 0 Å². The lowest BCUT2D eigenvalue weighted by Gasteiger charge is -2.03. The van der Waals surface area contributed by atoms with E-state index in [4.69, 9.17) is 9.47 Å². The molecule has 0 bridgehead atoms. The van der Waals surface area contributed by atoms with Crippen molar-refractivity contribution in [3.8, 4) is 5.75 Å². The Balaban J connectivity index is 1.82. The molecular formula is C19H14NO5-. The first-order chi connectivity index (χ1) is 12.1. The topological polar surface area (TPSA) is 88.0 Å². The highest BCUT2D eigenvalue weighted by atomic mass is 16.6. The molecule has 126 valence electrons. The van der Waals surface area contributed by atoms with Gasteiger partial charge in [-0.25, -0.2) is 9.79 Å². The van der Waals surface area contributed by atoms with E-state index in [0.29, 0.717) is 17.7 Å². The molecule has 0 spiro atoms. The molecule has 6 nitrogen and oxygen atoms in total. The molecule has 0 atom stereocenters. The van der Waals surface area contributed by atoms with Gasteiger partial charge in [0, 0.05) is 5.56 Å². The van der Waals surface area contributed by atoms with Crippen LogP contribution >= 0.6 is 0 Å². The lowest BCUT2D eigenvalue weighted by molar-refractivity contribution is -0.255. The van der Waals surface area contributed by atoms with Crippen LogP contribution in [0.15, 0.2) is 59.2 Å². The minimum atomic E-state index is -1.25. The number of rotatable bonds is 5. The number of ether oxygens (including phenoxy) is 2. The maximum atomic E-state index is 12.0. The molecule has 0 N–H and O–H groups in total. The number of hydrogen-bond donors (Lipinski definition) is 0. The Kier molecular flexibility index (Phi) is 4.61. The Morgan fingerprint density at radius 2 is 1.84 bits per heavy atom. The third kappa shape index (κ3) is 3.74. The first-order valence-electron chi connectivity index (χ1n) is 7.64. The molecule has 0 unspecified atom stereocenters. The molecule has 1 aliphatic rings. The fourth-order valence-electron chi connectivity index (χ4n) is 2.27. The summed E-state index contributed by atoms with van der Waals surface area (Å²) in [6, 6.07) is 13.0. The molecule has 3 rings (SSSR count). The summed E-state index contributed by atoms with van der Waals surface area (Å²) in [5.74, 6) is -0.881. The van der Waals surface area contributed by atoms with E-state index in [0.717, 1.165) is 5.75 Å². The Bertz CT molecular complexity index is 864. The van der Waals surface area contributed by atoms with Crippen LogP contribution in [0.4, 0.5) is 0 Å². The van der Waals surface area contributed by atoms with Crippen LogP contribution in [0.1, 0.15) is 28.4 Å². The lowest BCUT2D eigenvalue weighted by Crippen LogP contribution is -2.21. The summed E-state index contributed by atoms with van der Waals surface area (Å²) < 4.78 is 10.6. The summed E-state index contributed by atoms with van der Waals surface area (Å²) >= 11 is 0. The van der Waals surface area contributed by atoms with Gasteiger partial charge in [0.1, 0.15) is 5.75 Å². The van der Waals surface area contributed by atoms with E-state index in [-0.39, 0.29) is 17.2 Å². The average molecular weight is 336 g/mol. The van der Waals surface area contributed by atoms with Crippen molar-refractivity contribution in [2.24, 2.45) is 4.99 Å². The molecule has 25 heavy (non-hydrogen) atoms. The predicted octanol–water partition coefficient (Wildman–Crippen LogP) is 1.79. The minimum absolute atomic E-state index is 0.0646.